The highest BCUT2D eigenvalue weighted by Gasteiger charge is 2.51. The molecular weight excluding hydrogens is 1310 g/mol. The molecule has 0 aliphatic carbocycles. The first-order chi connectivity index (χ1) is 51.6. The van der Waals surface area contributed by atoms with Gasteiger partial charge in [-0.1, -0.05) is 365 Å². The summed E-state index contributed by atoms with van der Waals surface area (Å²) in [6.07, 6.45) is 93.6. The van der Waals surface area contributed by atoms with Crippen LogP contribution in [-0.2, 0) is 23.7 Å². The molecule has 0 aromatic rings. The molecule has 1 amide bonds. The Balaban J connectivity index is 1.63. The Morgan fingerprint density at radius 1 is 0.352 bits per heavy atom. The topological polar surface area (TPSA) is 228 Å². The van der Waals surface area contributed by atoms with E-state index in [4.69, 9.17) is 18.9 Å². The van der Waals surface area contributed by atoms with Crippen LogP contribution >= 0.6 is 0 Å². The summed E-state index contributed by atoms with van der Waals surface area (Å²) in [4.78, 5) is 13.4. The highest BCUT2D eigenvalue weighted by Crippen LogP contribution is 2.30. The summed E-state index contributed by atoms with van der Waals surface area (Å²) in [6.45, 7) is 2.70. The van der Waals surface area contributed by atoms with Crippen molar-refractivity contribution >= 4 is 5.91 Å². The molecule has 602 valence electrons. The Bertz CT molecular complexity index is 2330. The Labute approximate surface area is 640 Å². The van der Waals surface area contributed by atoms with Gasteiger partial charge in [0.15, 0.2) is 12.6 Å². The summed E-state index contributed by atoms with van der Waals surface area (Å²) in [5.41, 5.74) is 0. The molecule has 14 heteroatoms. The average Bonchev–Trinajstić information content (AvgIpc) is 0.789. The Morgan fingerprint density at radius 2 is 0.657 bits per heavy atom. The summed E-state index contributed by atoms with van der Waals surface area (Å²) in [5, 5.41) is 87.8. The number of aliphatic hydroxyl groups excluding tert-OH is 8. The molecule has 2 fully saturated rings. The van der Waals surface area contributed by atoms with Crippen molar-refractivity contribution in [3.8, 4) is 0 Å². The van der Waals surface area contributed by atoms with Gasteiger partial charge in [-0.3, -0.25) is 4.79 Å². The Hall–Kier alpha value is -4.13. The molecule has 0 aromatic heterocycles. The summed E-state index contributed by atoms with van der Waals surface area (Å²) in [7, 11) is 0. The number of carbonyl (C=O) groups is 1. The van der Waals surface area contributed by atoms with Gasteiger partial charge in [0.1, 0.15) is 48.8 Å². The molecule has 2 aliphatic rings. The van der Waals surface area contributed by atoms with E-state index in [0.29, 0.717) is 6.42 Å². The van der Waals surface area contributed by atoms with Gasteiger partial charge < -0.3 is 65.1 Å². The van der Waals surface area contributed by atoms with Crippen LogP contribution in [0.25, 0.3) is 0 Å². The molecule has 2 saturated heterocycles. The Kier molecular flexibility index (Phi) is 67.1. The second-order valence-electron chi connectivity index (χ2n) is 29.2. The van der Waals surface area contributed by atoms with Crippen LogP contribution < -0.4 is 5.32 Å². The predicted molar refractivity (Wildman–Crippen MR) is 438 cm³/mol. The first kappa shape index (κ1) is 96.9. The highest BCUT2D eigenvalue weighted by atomic mass is 16.7. The van der Waals surface area contributed by atoms with Gasteiger partial charge in [-0.2, -0.15) is 0 Å². The minimum atomic E-state index is -1.80. The molecule has 2 heterocycles. The van der Waals surface area contributed by atoms with E-state index in [-0.39, 0.29) is 18.9 Å². The van der Waals surface area contributed by atoms with Crippen molar-refractivity contribution in [1.29, 1.82) is 0 Å². The first-order valence-corrected chi connectivity index (χ1v) is 42.6. The normalized spacial score (nSPS) is 22.2. The fourth-order valence-corrected chi connectivity index (χ4v) is 13.1. The molecule has 0 radical (unpaired) electrons. The van der Waals surface area contributed by atoms with Gasteiger partial charge in [0.2, 0.25) is 5.91 Å². The van der Waals surface area contributed by atoms with Crippen LogP contribution in [0.4, 0.5) is 0 Å². The molecular formula is C91H155NO13. The van der Waals surface area contributed by atoms with Crippen molar-refractivity contribution in [1.82, 2.24) is 5.32 Å². The molecule has 0 saturated carbocycles. The zero-order valence-corrected chi connectivity index (χ0v) is 66.2. The van der Waals surface area contributed by atoms with E-state index in [0.717, 1.165) is 122 Å². The molecule has 9 N–H and O–H groups in total. The zero-order chi connectivity index (χ0) is 75.8. The lowest BCUT2D eigenvalue weighted by molar-refractivity contribution is -0.359. The van der Waals surface area contributed by atoms with Gasteiger partial charge in [-0.15, -0.1) is 0 Å². The summed E-state index contributed by atoms with van der Waals surface area (Å²) < 4.78 is 22.9. The summed E-state index contributed by atoms with van der Waals surface area (Å²) in [5.74, 6) is -0.260. The van der Waals surface area contributed by atoms with Gasteiger partial charge in [-0.05, 0) is 103 Å². The van der Waals surface area contributed by atoms with Crippen molar-refractivity contribution < 1.29 is 64.6 Å². The zero-order valence-electron chi connectivity index (χ0n) is 66.2. The predicted octanol–water partition coefficient (Wildman–Crippen LogP) is 20.3. The fourth-order valence-electron chi connectivity index (χ4n) is 13.1. The monoisotopic (exact) mass is 1470 g/mol. The average molecular weight is 1470 g/mol. The van der Waals surface area contributed by atoms with E-state index in [9.17, 15) is 45.6 Å². The van der Waals surface area contributed by atoms with E-state index < -0.39 is 86.8 Å². The minimum absolute atomic E-state index is 0.250. The van der Waals surface area contributed by atoms with Crippen LogP contribution in [0, 0.1) is 0 Å². The van der Waals surface area contributed by atoms with Crippen LogP contribution in [0.15, 0.2) is 146 Å². The smallest absolute Gasteiger partial charge is 0.220 e. The van der Waals surface area contributed by atoms with Crippen LogP contribution in [0.1, 0.15) is 328 Å². The quantitative estimate of drug-likeness (QED) is 0.0204. The lowest BCUT2D eigenvalue weighted by Crippen LogP contribution is -2.65. The van der Waals surface area contributed by atoms with Crippen molar-refractivity contribution in [2.45, 2.75) is 402 Å². The number of allylic oxidation sites excluding steroid dienone is 23. The van der Waals surface area contributed by atoms with Crippen LogP contribution in [0.3, 0.4) is 0 Å². The van der Waals surface area contributed by atoms with Gasteiger partial charge in [0.05, 0.1) is 32.0 Å². The van der Waals surface area contributed by atoms with Gasteiger partial charge in [0, 0.05) is 6.42 Å². The molecule has 12 unspecified atom stereocenters. The SMILES string of the molecule is CC/C=C\C/C=C\C/C=C\C/C=C\C/C=C\C/C=C\C/C=C\C/C=C\C/C=C\C/C=C\C/C=C\CCCCCCCC(=O)NC(COC1OC(CO)C(OC2OC(CO)C(O)C(O)C2O)C(O)C1O)C(O)/C=C/CCCCCCCCCCCCCCCCCCCCCCCCCCCCCCCC. The van der Waals surface area contributed by atoms with Crippen molar-refractivity contribution in [3.63, 3.8) is 0 Å². The number of hydrogen-bond acceptors (Lipinski definition) is 13. The van der Waals surface area contributed by atoms with E-state index >= 15 is 0 Å². The molecule has 0 spiro atoms. The molecule has 2 aliphatic heterocycles. The van der Waals surface area contributed by atoms with Crippen molar-refractivity contribution in [3.05, 3.63) is 146 Å². The summed E-state index contributed by atoms with van der Waals surface area (Å²) >= 11 is 0. The van der Waals surface area contributed by atoms with Crippen LogP contribution in [-0.4, -0.2) is 140 Å². The number of aliphatic hydroxyl groups is 8. The number of nitrogens with one attached hydrogen (secondary N) is 1. The standard InChI is InChI=1S/C91H155NO13/c1-3-5-7-9-11-13-15-17-19-21-23-25-27-29-31-33-35-37-38-39-40-41-42-43-45-47-49-51-53-55-57-59-61-63-65-67-69-71-73-75-83(96)92-79(78-102-90-88(101)86(99)89(82(77-94)104-90)105-91-87(100)85(98)84(97)81(76-93)103-91)80(95)74-72-70-68-66-64-62-60-58-56-54-52-50-48-46-44-36-34-32-30-28-26-24-22-20-18-16-14-12-10-8-6-4-2/h5,7,11,13,17,19,23,25,29,31,35,37,39-40,42-43,47,49,53,55,59,61,72,74,79-82,84-91,93-95,97-101H,3-4,6,8-10,12,14-16,18,20-22,24,26-28,30,32-34,36,38,41,44-46,48,50-52,54,56-58,60,62-71,73,75-78H2,1-2H3,(H,92,96)/b7-5-,13-11-,19-17-,25-23-,31-29-,37-35-,40-39-,43-42-,49-47-,55-53-,61-59-,74-72+. The fraction of sp³-hybridized carbons (Fsp3) is 0.725. The third kappa shape index (κ3) is 55.0. The highest BCUT2D eigenvalue weighted by molar-refractivity contribution is 5.76. The largest absolute Gasteiger partial charge is 0.394 e. The van der Waals surface area contributed by atoms with E-state index in [1.807, 2.05) is 6.08 Å². The number of hydrogen-bond donors (Lipinski definition) is 9. The molecule has 12 atom stereocenters. The number of carbonyl (C=O) groups excluding carboxylic acids is 1. The van der Waals surface area contributed by atoms with E-state index in [1.165, 1.54) is 180 Å². The lowest BCUT2D eigenvalue weighted by Gasteiger charge is -2.46. The molecule has 14 nitrogen and oxygen atoms in total. The van der Waals surface area contributed by atoms with Crippen molar-refractivity contribution in [2.75, 3.05) is 19.8 Å². The third-order valence-corrected chi connectivity index (χ3v) is 19.8. The Morgan fingerprint density at radius 3 is 1.01 bits per heavy atom. The van der Waals surface area contributed by atoms with E-state index in [2.05, 4.69) is 153 Å². The second kappa shape index (κ2) is 72.7. The van der Waals surface area contributed by atoms with E-state index in [1.54, 1.807) is 6.08 Å². The second-order valence-corrected chi connectivity index (χ2v) is 29.2. The van der Waals surface area contributed by atoms with Gasteiger partial charge >= 0.3 is 0 Å². The minimum Gasteiger partial charge on any atom is -0.394 e. The molecule has 0 bridgehead atoms. The van der Waals surface area contributed by atoms with Crippen molar-refractivity contribution in [2.24, 2.45) is 0 Å². The lowest BCUT2D eigenvalue weighted by atomic mass is 9.97. The number of amides is 1. The number of rotatable bonds is 70. The van der Waals surface area contributed by atoms with Gasteiger partial charge in [0.25, 0.3) is 0 Å². The molecule has 105 heavy (non-hydrogen) atoms. The maximum Gasteiger partial charge on any atom is 0.220 e. The summed E-state index contributed by atoms with van der Waals surface area (Å²) in [6, 6.07) is -0.939. The van der Waals surface area contributed by atoms with Gasteiger partial charge in [-0.25, -0.2) is 0 Å². The maximum atomic E-state index is 13.4. The molecule has 2 rings (SSSR count). The number of unbranched alkanes of at least 4 members (excludes halogenated alkanes) is 35. The molecule has 0 aromatic carbocycles. The maximum absolute atomic E-state index is 13.4. The van der Waals surface area contributed by atoms with Crippen LogP contribution in [0.5, 0.6) is 0 Å². The van der Waals surface area contributed by atoms with Crippen LogP contribution in [0.2, 0.25) is 0 Å². The third-order valence-electron chi connectivity index (χ3n) is 19.8. The first-order valence-electron chi connectivity index (χ1n) is 42.6. The number of ether oxygens (including phenoxy) is 4.